The molecular formula is C23H29N7O3. The maximum atomic E-state index is 12.6. The number of methoxy groups -OCH3 is 1. The third-order valence-electron chi connectivity index (χ3n) is 5.88. The van der Waals surface area contributed by atoms with Crippen molar-refractivity contribution in [3.8, 4) is 0 Å². The van der Waals surface area contributed by atoms with Crippen LogP contribution >= 0.6 is 0 Å². The highest BCUT2D eigenvalue weighted by molar-refractivity contribution is 5.87. The first-order chi connectivity index (χ1) is 15.8. The van der Waals surface area contributed by atoms with Crippen molar-refractivity contribution < 1.29 is 9.53 Å². The van der Waals surface area contributed by atoms with Gasteiger partial charge in [0.05, 0.1) is 24.0 Å². The Labute approximate surface area is 191 Å². The van der Waals surface area contributed by atoms with E-state index in [0.717, 1.165) is 17.5 Å². The SMILES string of the molecule is C=CC(=O)N1CC(CCn2c(=O)ccc3cnc(Nc4cnn(C(C)(C)COC)c4)nc32)C1. The average molecular weight is 452 g/mol. The van der Waals surface area contributed by atoms with Crippen LogP contribution in [0.4, 0.5) is 11.6 Å². The number of pyridine rings is 1. The molecule has 1 saturated heterocycles. The van der Waals surface area contributed by atoms with Crippen LogP contribution in [0.5, 0.6) is 0 Å². The monoisotopic (exact) mass is 451 g/mol. The highest BCUT2D eigenvalue weighted by Gasteiger charge is 2.29. The van der Waals surface area contributed by atoms with Gasteiger partial charge in [-0.2, -0.15) is 10.1 Å². The van der Waals surface area contributed by atoms with Gasteiger partial charge in [0.2, 0.25) is 11.9 Å². The van der Waals surface area contributed by atoms with Gasteiger partial charge in [0.1, 0.15) is 5.65 Å². The van der Waals surface area contributed by atoms with E-state index < -0.39 is 0 Å². The third-order valence-corrected chi connectivity index (χ3v) is 5.88. The van der Waals surface area contributed by atoms with Crippen LogP contribution in [-0.2, 0) is 21.6 Å². The minimum absolute atomic E-state index is 0.0500. The van der Waals surface area contributed by atoms with E-state index in [1.54, 1.807) is 35.0 Å². The summed E-state index contributed by atoms with van der Waals surface area (Å²) < 4.78 is 8.77. The lowest BCUT2D eigenvalue weighted by molar-refractivity contribution is -0.132. The Kier molecular flexibility index (Phi) is 6.28. The summed E-state index contributed by atoms with van der Waals surface area (Å²) in [6, 6.07) is 3.27. The van der Waals surface area contributed by atoms with E-state index in [-0.39, 0.29) is 17.0 Å². The number of rotatable bonds is 9. The first-order valence-electron chi connectivity index (χ1n) is 10.9. The highest BCUT2D eigenvalue weighted by Crippen LogP contribution is 2.22. The molecule has 0 bridgehead atoms. The van der Waals surface area contributed by atoms with Gasteiger partial charge in [-0.1, -0.05) is 6.58 Å². The zero-order valence-electron chi connectivity index (χ0n) is 19.2. The lowest BCUT2D eigenvalue weighted by atomic mass is 9.96. The van der Waals surface area contributed by atoms with Crippen molar-refractivity contribution in [2.24, 2.45) is 5.92 Å². The van der Waals surface area contributed by atoms with E-state index in [1.165, 1.54) is 12.1 Å². The second-order valence-electron chi connectivity index (χ2n) is 8.94. The first kappa shape index (κ1) is 22.7. The largest absolute Gasteiger partial charge is 0.382 e. The molecule has 1 amide bonds. The third kappa shape index (κ3) is 4.80. The predicted octanol–water partition coefficient (Wildman–Crippen LogP) is 2.15. The number of carbonyl (C=O) groups is 1. The number of nitrogens with zero attached hydrogens (tertiary/aromatic N) is 6. The van der Waals surface area contributed by atoms with Gasteiger partial charge >= 0.3 is 0 Å². The Balaban J connectivity index is 1.50. The maximum absolute atomic E-state index is 12.6. The maximum Gasteiger partial charge on any atom is 0.252 e. The molecule has 0 aromatic carbocycles. The lowest BCUT2D eigenvalue weighted by Gasteiger charge is -2.38. The zero-order valence-corrected chi connectivity index (χ0v) is 19.2. The van der Waals surface area contributed by atoms with E-state index in [2.05, 4.69) is 27.0 Å². The molecule has 0 spiro atoms. The predicted molar refractivity (Wildman–Crippen MR) is 125 cm³/mol. The molecule has 10 heteroatoms. The summed E-state index contributed by atoms with van der Waals surface area (Å²) in [5.74, 6) is 0.695. The molecule has 0 radical (unpaired) electrons. The summed E-state index contributed by atoms with van der Waals surface area (Å²) in [5, 5.41) is 8.38. The Morgan fingerprint density at radius 3 is 2.85 bits per heavy atom. The summed E-state index contributed by atoms with van der Waals surface area (Å²) in [4.78, 5) is 35.0. The van der Waals surface area contributed by atoms with Gasteiger partial charge in [0.25, 0.3) is 5.56 Å². The summed E-state index contributed by atoms with van der Waals surface area (Å²) in [6.07, 6.45) is 7.40. The van der Waals surface area contributed by atoms with E-state index in [1.807, 2.05) is 24.7 Å². The van der Waals surface area contributed by atoms with Crippen LogP contribution in [0.25, 0.3) is 11.0 Å². The van der Waals surface area contributed by atoms with Crippen molar-refractivity contribution in [2.45, 2.75) is 32.4 Å². The number of likely N-dealkylation sites (tertiary alicyclic amines) is 1. The number of fused-ring (bicyclic) bond motifs is 1. The molecule has 174 valence electrons. The fourth-order valence-electron chi connectivity index (χ4n) is 3.99. The van der Waals surface area contributed by atoms with Gasteiger partial charge in [-0.05, 0) is 38.3 Å². The molecule has 0 unspecified atom stereocenters. The molecule has 3 aromatic heterocycles. The number of anilines is 2. The number of hydrogen-bond acceptors (Lipinski definition) is 7. The Morgan fingerprint density at radius 1 is 1.33 bits per heavy atom. The van der Waals surface area contributed by atoms with E-state index in [4.69, 9.17) is 4.74 Å². The highest BCUT2D eigenvalue weighted by atomic mass is 16.5. The summed E-state index contributed by atoms with van der Waals surface area (Å²) >= 11 is 0. The topological polar surface area (TPSA) is 107 Å². The molecule has 0 aliphatic carbocycles. The average Bonchev–Trinajstić information content (AvgIpc) is 3.23. The molecule has 1 N–H and O–H groups in total. The molecule has 1 aliphatic heterocycles. The second-order valence-corrected chi connectivity index (χ2v) is 8.94. The molecule has 33 heavy (non-hydrogen) atoms. The van der Waals surface area contributed by atoms with Crippen molar-refractivity contribution >= 4 is 28.6 Å². The lowest BCUT2D eigenvalue weighted by Crippen LogP contribution is -2.49. The van der Waals surface area contributed by atoms with Crippen LogP contribution < -0.4 is 10.9 Å². The molecule has 4 heterocycles. The van der Waals surface area contributed by atoms with Gasteiger partial charge in [-0.25, -0.2) is 4.98 Å². The second kappa shape index (κ2) is 9.14. The van der Waals surface area contributed by atoms with Crippen molar-refractivity contribution in [3.63, 3.8) is 0 Å². The standard InChI is InChI=1S/C23H29N7O3/c1-5-19(31)28-12-16(13-28)8-9-29-20(32)7-6-17-10-24-22(27-21(17)29)26-18-11-25-30(14-18)23(2,3)15-33-4/h5-7,10-11,14,16H,1,8-9,12-13,15H2,2-4H3,(H,24,26,27). The normalized spacial score (nSPS) is 14.3. The van der Waals surface area contributed by atoms with Crippen LogP contribution in [0.15, 0.2) is 48.2 Å². The molecule has 3 aromatic rings. The Morgan fingerprint density at radius 2 is 2.12 bits per heavy atom. The summed E-state index contributed by atoms with van der Waals surface area (Å²) in [5.41, 5.74) is 0.905. The van der Waals surface area contributed by atoms with Gasteiger partial charge < -0.3 is 15.0 Å². The Bertz CT molecular complexity index is 1220. The molecule has 1 fully saturated rings. The number of hydrogen-bond donors (Lipinski definition) is 1. The number of nitrogens with one attached hydrogen (secondary N) is 1. The number of carbonyl (C=O) groups excluding carboxylic acids is 1. The van der Waals surface area contributed by atoms with Crippen molar-refractivity contribution in [1.82, 2.24) is 29.2 Å². The molecular weight excluding hydrogens is 422 g/mol. The molecule has 0 saturated carbocycles. The summed E-state index contributed by atoms with van der Waals surface area (Å²) in [6.45, 7) is 10.0. The Hall–Kier alpha value is -3.53. The van der Waals surface area contributed by atoms with E-state index in [9.17, 15) is 9.59 Å². The van der Waals surface area contributed by atoms with Crippen LogP contribution in [0.1, 0.15) is 20.3 Å². The van der Waals surface area contributed by atoms with E-state index >= 15 is 0 Å². The van der Waals surface area contributed by atoms with Crippen LogP contribution in [-0.4, -0.2) is 61.9 Å². The number of aryl methyl sites for hydroxylation is 1. The first-order valence-corrected chi connectivity index (χ1v) is 10.9. The minimum Gasteiger partial charge on any atom is -0.382 e. The van der Waals surface area contributed by atoms with Gasteiger partial charge in [-0.3, -0.25) is 18.8 Å². The van der Waals surface area contributed by atoms with Gasteiger partial charge in [-0.15, -0.1) is 0 Å². The quantitative estimate of drug-likeness (QED) is 0.497. The van der Waals surface area contributed by atoms with E-state index in [0.29, 0.717) is 43.8 Å². The summed E-state index contributed by atoms with van der Waals surface area (Å²) in [7, 11) is 1.66. The number of ether oxygens (including phenoxy) is 1. The van der Waals surface area contributed by atoms with Gasteiger partial charge in [0.15, 0.2) is 0 Å². The van der Waals surface area contributed by atoms with Crippen molar-refractivity contribution in [3.05, 3.63) is 53.7 Å². The van der Waals surface area contributed by atoms with Crippen molar-refractivity contribution in [2.75, 3.05) is 32.1 Å². The minimum atomic E-state index is -0.299. The fourth-order valence-corrected chi connectivity index (χ4v) is 3.99. The number of amides is 1. The van der Waals surface area contributed by atoms with Crippen LogP contribution in [0, 0.1) is 5.92 Å². The zero-order chi connectivity index (χ0) is 23.6. The molecule has 4 rings (SSSR count). The smallest absolute Gasteiger partial charge is 0.252 e. The molecule has 0 atom stereocenters. The molecule has 1 aliphatic rings. The number of aromatic nitrogens is 5. The molecule has 10 nitrogen and oxygen atoms in total. The van der Waals surface area contributed by atoms with Gasteiger partial charge in [0, 0.05) is 50.6 Å². The fraction of sp³-hybridized carbons (Fsp3) is 0.435. The van der Waals surface area contributed by atoms with Crippen LogP contribution in [0.3, 0.4) is 0 Å². The van der Waals surface area contributed by atoms with Crippen LogP contribution in [0.2, 0.25) is 0 Å². The van der Waals surface area contributed by atoms with Crippen molar-refractivity contribution in [1.29, 1.82) is 0 Å².